The van der Waals surface area contributed by atoms with Crippen molar-refractivity contribution >= 4 is 33.3 Å². The number of morpholine rings is 1. The highest BCUT2D eigenvalue weighted by molar-refractivity contribution is 7.89. The van der Waals surface area contributed by atoms with Gasteiger partial charge in [0.05, 0.1) is 37.3 Å². The molecule has 0 bridgehead atoms. The number of nitrogens with one attached hydrogen (secondary N) is 2. The van der Waals surface area contributed by atoms with E-state index in [1.54, 1.807) is 26.0 Å². The Balaban J connectivity index is 1.30. The van der Waals surface area contributed by atoms with Crippen molar-refractivity contribution in [2.45, 2.75) is 81.8 Å². The molecular weight excluding hydrogens is 586 g/mol. The summed E-state index contributed by atoms with van der Waals surface area (Å²) < 4.78 is 38.2. The predicted octanol–water partition coefficient (Wildman–Crippen LogP) is 1.60. The summed E-state index contributed by atoms with van der Waals surface area (Å²) in [5.41, 5.74) is 0.536. The first kappa shape index (κ1) is 32.9. The molecule has 3 aliphatic heterocycles. The first-order valence-electron chi connectivity index (χ1n) is 15.9. The summed E-state index contributed by atoms with van der Waals surface area (Å²) in [5, 5.41) is 2.90. The van der Waals surface area contributed by atoms with Crippen molar-refractivity contribution in [3.05, 3.63) is 29.3 Å². The largest absolute Gasteiger partial charge is 0.379 e. The number of benzene rings is 1. The van der Waals surface area contributed by atoms with E-state index >= 15 is 0 Å². The molecule has 44 heavy (non-hydrogen) atoms. The van der Waals surface area contributed by atoms with Gasteiger partial charge in [-0.3, -0.25) is 24.1 Å². The van der Waals surface area contributed by atoms with Gasteiger partial charge in [0.15, 0.2) is 11.6 Å². The zero-order chi connectivity index (χ0) is 31.5. The summed E-state index contributed by atoms with van der Waals surface area (Å²) in [7, 11) is -3.58. The summed E-state index contributed by atoms with van der Waals surface area (Å²) in [5.74, 6) is -1.50. The number of fused-ring (bicyclic) bond motifs is 1. The molecule has 1 aromatic rings. The maximum atomic E-state index is 13.9. The second-order valence-corrected chi connectivity index (χ2v) is 14.9. The van der Waals surface area contributed by atoms with Gasteiger partial charge < -0.3 is 14.8 Å². The van der Waals surface area contributed by atoms with Gasteiger partial charge in [-0.1, -0.05) is 38.3 Å². The molecule has 242 valence electrons. The van der Waals surface area contributed by atoms with E-state index in [2.05, 4.69) is 10.0 Å². The van der Waals surface area contributed by atoms with Gasteiger partial charge in [-0.15, -0.1) is 0 Å². The Morgan fingerprint density at radius 1 is 1.14 bits per heavy atom. The van der Waals surface area contributed by atoms with Gasteiger partial charge in [0.25, 0.3) is 0 Å². The molecule has 0 radical (unpaired) electrons. The molecule has 4 aliphatic rings. The van der Waals surface area contributed by atoms with Crippen molar-refractivity contribution in [1.82, 2.24) is 14.9 Å². The number of ketones is 3. The summed E-state index contributed by atoms with van der Waals surface area (Å²) in [6, 6.07) is 4.06. The average Bonchev–Trinajstić information content (AvgIpc) is 3.71. The fourth-order valence-corrected chi connectivity index (χ4v) is 7.68. The van der Waals surface area contributed by atoms with Gasteiger partial charge in [0.1, 0.15) is 11.4 Å². The van der Waals surface area contributed by atoms with Crippen LogP contribution in [0, 0.1) is 17.8 Å². The SMILES string of the molecule is CC(CC(=O)CN1CCOCC1)C(=O)NC(Cc1ccc2c(c1)CCNS2(=O)=O)C(=O)CC(CC1CCC1)C(=O)C1(C)CO1. The monoisotopic (exact) mass is 631 g/mol. The average molecular weight is 632 g/mol. The number of ether oxygens (including phenoxy) is 2. The summed E-state index contributed by atoms with van der Waals surface area (Å²) in [6.07, 6.45) is 4.54. The van der Waals surface area contributed by atoms with Crippen LogP contribution in [0.25, 0.3) is 0 Å². The van der Waals surface area contributed by atoms with Crippen LogP contribution in [0.2, 0.25) is 0 Å². The summed E-state index contributed by atoms with van der Waals surface area (Å²) in [6.45, 7) is 6.84. The lowest BCUT2D eigenvalue weighted by atomic mass is 9.74. The number of sulfonamides is 1. The van der Waals surface area contributed by atoms with E-state index in [0.717, 1.165) is 24.8 Å². The number of hydrogen-bond acceptors (Lipinski definition) is 9. The Morgan fingerprint density at radius 2 is 1.86 bits per heavy atom. The second-order valence-electron chi connectivity index (χ2n) is 13.2. The highest BCUT2D eigenvalue weighted by Crippen LogP contribution is 2.38. The Bertz CT molecular complexity index is 1370. The molecule has 11 nitrogen and oxygen atoms in total. The fraction of sp³-hybridized carbons (Fsp3) is 0.688. The molecule has 1 aliphatic carbocycles. The summed E-state index contributed by atoms with van der Waals surface area (Å²) in [4.78, 5) is 55.7. The third kappa shape index (κ3) is 8.20. The topological polar surface area (TPSA) is 151 Å². The molecule has 1 saturated carbocycles. The highest BCUT2D eigenvalue weighted by Gasteiger charge is 2.50. The van der Waals surface area contributed by atoms with Gasteiger partial charge in [-0.05, 0) is 49.3 Å². The van der Waals surface area contributed by atoms with Crippen LogP contribution >= 0.6 is 0 Å². The lowest BCUT2D eigenvalue weighted by molar-refractivity contribution is -0.135. The van der Waals surface area contributed by atoms with Crippen LogP contribution in [0.1, 0.15) is 63.5 Å². The van der Waals surface area contributed by atoms with Gasteiger partial charge >= 0.3 is 0 Å². The quantitative estimate of drug-likeness (QED) is 0.275. The lowest BCUT2D eigenvalue weighted by Gasteiger charge is -2.30. The predicted molar refractivity (Wildman–Crippen MR) is 161 cm³/mol. The van der Waals surface area contributed by atoms with E-state index < -0.39 is 39.4 Å². The summed E-state index contributed by atoms with van der Waals surface area (Å²) >= 11 is 0. The second kappa shape index (κ2) is 13.9. The van der Waals surface area contributed by atoms with Crippen LogP contribution in [0.5, 0.6) is 0 Å². The third-order valence-corrected chi connectivity index (χ3v) is 11.1. The maximum absolute atomic E-state index is 13.9. The molecule has 5 rings (SSSR count). The smallest absolute Gasteiger partial charge is 0.240 e. The molecule has 2 saturated heterocycles. The van der Waals surface area contributed by atoms with E-state index in [1.807, 2.05) is 4.90 Å². The number of nitrogens with zero attached hydrogens (tertiary/aromatic N) is 1. The van der Waals surface area contributed by atoms with Gasteiger partial charge in [0, 0.05) is 44.3 Å². The zero-order valence-corrected chi connectivity index (χ0v) is 26.6. The number of hydrogen-bond donors (Lipinski definition) is 2. The maximum Gasteiger partial charge on any atom is 0.240 e. The van der Waals surface area contributed by atoms with Crippen LogP contribution in [0.3, 0.4) is 0 Å². The standard InChI is InChI=1S/C32H45N3O8S/c1-21(14-26(36)19-35-10-12-42-13-11-35)31(39)34-27(17-23-6-7-29-24(16-23)8-9-33-44(29,40)41)28(37)18-25(15-22-4-3-5-22)30(38)32(2)20-43-32/h6-7,16,21-22,25,27,33H,3-5,8-15,17-20H2,1-2H3,(H,34,39). The fourth-order valence-electron chi connectivity index (χ4n) is 6.40. The van der Waals surface area contributed by atoms with E-state index in [4.69, 9.17) is 9.47 Å². The molecule has 0 aromatic heterocycles. The number of amides is 1. The number of rotatable bonds is 15. The minimum Gasteiger partial charge on any atom is -0.379 e. The zero-order valence-electron chi connectivity index (χ0n) is 25.8. The molecule has 3 heterocycles. The van der Waals surface area contributed by atoms with Crippen LogP contribution in [-0.2, 0) is 51.5 Å². The Morgan fingerprint density at radius 3 is 2.52 bits per heavy atom. The van der Waals surface area contributed by atoms with Crippen molar-refractivity contribution in [2.75, 3.05) is 46.0 Å². The van der Waals surface area contributed by atoms with Crippen LogP contribution in [0.4, 0.5) is 0 Å². The number of carbonyl (C=O) groups is 4. The Hall–Kier alpha value is -2.51. The molecule has 1 amide bonds. The molecule has 4 atom stereocenters. The van der Waals surface area contributed by atoms with Gasteiger partial charge in [-0.2, -0.15) is 0 Å². The van der Waals surface area contributed by atoms with Crippen molar-refractivity contribution in [3.8, 4) is 0 Å². The van der Waals surface area contributed by atoms with Crippen molar-refractivity contribution in [2.24, 2.45) is 17.8 Å². The van der Waals surface area contributed by atoms with E-state index in [0.29, 0.717) is 63.8 Å². The minimum atomic E-state index is -3.58. The number of epoxide rings is 1. The van der Waals surface area contributed by atoms with Crippen LogP contribution < -0.4 is 10.0 Å². The van der Waals surface area contributed by atoms with Gasteiger partial charge in [0.2, 0.25) is 15.9 Å². The number of Topliss-reactive ketones (excluding diaryl/α,β-unsaturated/α-hetero) is 3. The van der Waals surface area contributed by atoms with Crippen LogP contribution in [0.15, 0.2) is 23.1 Å². The van der Waals surface area contributed by atoms with E-state index in [1.165, 1.54) is 6.07 Å². The Kier molecular flexibility index (Phi) is 10.4. The highest BCUT2D eigenvalue weighted by atomic mass is 32.2. The minimum absolute atomic E-state index is 0.00713. The van der Waals surface area contributed by atoms with Crippen molar-refractivity contribution in [1.29, 1.82) is 0 Å². The first-order chi connectivity index (χ1) is 20.9. The number of carbonyl (C=O) groups excluding carboxylic acids is 4. The van der Waals surface area contributed by atoms with Crippen molar-refractivity contribution in [3.63, 3.8) is 0 Å². The normalized spacial score (nSPS) is 25.1. The molecule has 1 aromatic carbocycles. The molecule has 0 spiro atoms. The molecule has 3 fully saturated rings. The third-order valence-electron chi connectivity index (χ3n) is 9.49. The lowest BCUT2D eigenvalue weighted by Crippen LogP contribution is -2.46. The van der Waals surface area contributed by atoms with Gasteiger partial charge in [-0.25, -0.2) is 13.1 Å². The molecular formula is C32H45N3O8S. The first-order valence-corrected chi connectivity index (χ1v) is 17.4. The Labute approximate surface area is 259 Å². The molecule has 2 N–H and O–H groups in total. The molecule has 4 unspecified atom stereocenters. The van der Waals surface area contributed by atoms with E-state index in [9.17, 15) is 27.6 Å². The van der Waals surface area contributed by atoms with Crippen LogP contribution in [-0.4, -0.2) is 94.2 Å². The van der Waals surface area contributed by atoms with E-state index in [-0.39, 0.29) is 48.1 Å². The van der Waals surface area contributed by atoms with Crippen molar-refractivity contribution < 1.29 is 37.1 Å². The molecule has 12 heteroatoms.